The van der Waals surface area contributed by atoms with Crippen LogP contribution in [0.25, 0.3) is 0 Å². The quantitative estimate of drug-likeness (QED) is 0.779. The molecule has 1 N–H and O–H groups in total. The summed E-state index contributed by atoms with van der Waals surface area (Å²) in [6, 6.07) is 0.443. The van der Waals surface area contributed by atoms with Gasteiger partial charge in [0.2, 0.25) is 0 Å². The van der Waals surface area contributed by atoms with Gasteiger partial charge in [0.05, 0.1) is 24.9 Å². The van der Waals surface area contributed by atoms with Gasteiger partial charge in [0, 0.05) is 25.7 Å². The van der Waals surface area contributed by atoms with Crippen molar-refractivity contribution in [2.24, 2.45) is 5.92 Å². The van der Waals surface area contributed by atoms with Crippen LogP contribution in [-0.4, -0.2) is 50.7 Å². The standard InChI is InChI=1S/C16H31NO3/c1-4-7-17-15(11-19-13(2)3)14-5-8-20-16(10-14)6-9-18-12-16/h13-15,17H,4-12H2,1-3H3. The molecule has 4 heteroatoms. The summed E-state index contributed by atoms with van der Waals surface area (Å²) >= 11 is 0. The molecule has 0 amide bonds. The molecule has 4 nitrogen and oxygen atoms in total. The second-order valence-electron chi connectivity index (χ2n) is 6.53. The zero-order valence-electron chi connectivity index (χ0n) is 13.3. The van der Waals surface area contributed by atoms with E-state index in [-0.39, 0.29) is 5.60 Å². The molecular weight excluding hydrogens is 254 g/mol. The van der Waals surface area contributed by atoms with Gasteiger partial charge < -0.3 is 19.5 Å². The molecule has 0 saturated carbocycles. The smallest absolute Gasteiger partial charge is 0.0939 e. The Balaban J connectivity index is 1.91. The molecular formula is C16H31NO3. The summed E-state index contributed by atoms with van der Waals surface area (Å²) < 4.78 is 17.5. The third-order valence-electron chi connectivity index (χ3n) is 4.43. The van der Waals surface area contributed by atoms with E-state index < -0.39 is 0 Å². The first-order valence-corrected chi connectivity index (χ1v) is 8.22. The Labute approximate surface area is 123 Å². The predicted molar refractivity (Wildman–Crippen MR) is 80.0 cm³/mol. The molecule has 1 spiro atoms. The van der Waals surface area contributed by atoms with Crippen LogP contribution < -0.4 is 5.32 Å². The summed E-state index contributed by atoms with van der Waals surface area (Å²) in [7, 11) is 0. The van der Waals surface area contributed by atoms with Gasteiger partial charge in [-0.25, -0.2) is 0 Å². The molecule has 2 aliphatic heterocycles. The van der Waals surface area contributed by atoms with Crippen LogP contribution in [-0.2, 0) is 14.2 Å². The van der Waals surface area contributed by atoms with E-state index in [4.69, 9.17) is 14.2 Å². The second-order valence-corrected chi connectivity index (χ2v) is 6.53. The summed E-state index contributed by atoms with van der Waals surface area (Å²) in [4.78, 5) is 0. The maximum absolute atomic E-state index is 6.04. The molecule has 2 fully saturated rings. The van der Waals surface area contributed by atoms with Crippen LogP contribution in [0.4, 0.5) is 0 Å². The molecule has 0 aromatic rings. The summed E-state index contributed by atoms with van der Waals surface area (Å²) in [5, 5.41) is 3.68. The zero-order chi connectivity index (χ0) is 14.4. The fraction of sp³-hybridized carbons (Fsp3) is 1.00. The van der Waals surface area contributed by atoms with Crippen molar-refractivity contribution in [3.05, 3.63) is 0 Å². The molecule has 0 radical (unpaired) electrons. The van der Waals surface area contributed by atoms with Crippen molar-refractivity contribution in [1.29, 1.82) is 0 Å². The van der Waals surface area contributed by atoms with Crippen molar-refractivity contribution in [1.82, 2.24) is 5.32 Å². The zero-order valence-corrected chi connectivity index (χ0v) is 13.3. The largest absolute Gasteiger partial charge is 0.378 e. The van der Waals surface area contributed by atoms with Crippen molar-refractivity contribution in [2.75, 3.05) is 33.0 Å². The molecule has 2 heterocycles. The maximum atomic E-state index is 6.04. The monoisotopic (exact) mass is 285 g/mol. The molecule has 20 heavy (non-hydrogen) atoms. The lowest BCUT2D eigenvalue weighted by Crippen LogP contribution is -2.49. The van der Waals surface area contributed by atoms with Crippen molar-refractivity contribution in [2.45, 2.75) is 64.2 Å². The van der Waals surface area contributed by atoms with E-state index in [0.717, 1.165) is 58.7 Å². The van der Waals surface area contributed by atoms with Gasteiger partial charge in [0.25, 0.3) is 0 Å². The lowest BCUT2D eigenvalue weighted by atomic mass is 9.81. The summed E-state index contributed by atoms with van der Waals surface area (Å²) in [5.74, 6) is 0.635. The number of nitrogens with one attached hydrogen (secondary N) is 1. The highest BCUT2D eigenvalue weighted by molar-refractivity contribution is 4.93. The first kappa shape index (κ1) is 16.2. The fourth-order valence-electron chi connectivity index (χ4n) is 3.26. The summed E-state index contributed by atoms with van der Waals surface area (Å²) in [6.07, 6.45) is 4.75. The number of hydrogen-bond donors (Lipinski definition) is 1. The van der Waals surface area contributed by atoms with Gasteiger partial charge in [-0.2, -0.15) is 0 Å². The summed E-state index contributed by atoms with van der Waals surface area (Å²) in [5.41, 5.74) is -0.00705. The topological polar surface area (TPSA) is 39.7 Å². The van der Waals surface area contributed by atoms with Gasteiger partial charge in [-0.05, 0) is 45.6 Å². The van der Waals surface area contributed by atoms with E-state index in [9.17, 15) is 0 Å². The van der Waals surface area contributed by atoms with E-state index in [1.165, 1.54) is 0 Å². The highest BCUT2D eigenvalue weighted by Gasteiger charge is 2.42. The molecule has 2 saturated heterocycles. The molecule has 0 aromatic carbocycles. The predicted octanol–water partition coefficient (Wildman–Crippen LogP) is 2.37. The Morgan fingerprint density at radius 1 is 1.35 bits per heavy atom. The molecule has 2 aliphatic rings. The maximum Gasteiger partial charge on any atom is 0.0939 e. The molecule has 0 bridgehead atoms. The van der Waals surface area contributed by atoms with Gasteiger partial charge >= 0.3 is 0 Å². The van der Waals surface area contributed by atoms with E-state index >= 15 is 0 Å². The Bertz CT molecular complexity index is 277. The SMILES string of the molecule is CCCNC(COC(C)C)C1CCOC2(CCOC2)C1. The van der Waals surface area contributed by atoms with Crippen LogP contribution in [0.1, 0.15) is 46.5 Å². The third-order valence-corrected chi connectivity index (χ3v) is 4.43. The minimum atomic E-state index is -0.00705. The van der Waals surface area contributed by atoms with Gasteiger partial charge in [0.1, 0.15) is 0 Å². The highest BCUT2D eigenvalue weighted by Crippen LogP contribution is 2.37. The fourth-order valence-corrected chi connectivity index (χ4v) is 3.26. The average Bonchev–Trinajstić information content (AvgIpc) is 2.86. The minimum Gasteiger partial charge on any atom is -0.378 e. The van der Waals surface area contributed by atoms with E-state index in [1.54, 1.807) is 0 Å². The van der Waals surface area contributed by atoms with Gasteiger partial charge in [-0.15, -0.1) is 0 Å². The Morgan fingerprint density at radius 2 is 2.20 bits per heavy atom. The molecule has 3 unspecified atom stereocenters. The molecule has 118 valence electrons. The Kier molecular flexibility index (Phi) is 6.27. The van der Waals surface area contributed by atoms with E-state index in [1.807, 2.05) is 0 Å². The molecule has 0 aromatic heterocycles. The highest BCUT2D eigenvalue weighted by atomic mass is 16.6. The van der Waals surface area contributed by atoms with E-state index in [2.05, 4.69) is 26.1 Å². The van der Waals surface area contributed by atoms with Crippen LogP contribution in [0.5, 0.6) is 0 Å². The Hall–Kier alpha value is -0.160. The third kappa shape index (κ3) is 4.42. The molecule has 0 aliphatic carbocycles. The van der Waals surface area contributed by atoms with E-state index in [0.29, 0.717) is 18.1 Å². The second kappa shape index (κ2) is 7.74. The number of hydrogen-bond acceptors (Lipinski definition) is 4. The van der Waals surface area contributed by atoms with Crippen molar-refractivity contribution >= 4 is 0 Å². The number of ether oxygens (including phenoxy) is 3. The van der Waals surface area contributed by atoms with Crippen LogP contribution in [0.3, 0.4) is 0 Å². The van der Waals surface area contributed by atoms with Crippen LogP contribution in [0.2, 0.25) is 0 Å². The van der Waals surface area contributed by atoms with Crippen LogP contribution in [0, 0.1) is 5.92 Å². The molecule has 3 atom stereocenters. The molecule has 2 rings (SSSR count). The van der Waals surface area contributed by atoms with Crippen LogP contribution in [0.15, 0.2) is 0 Å². The van der Waals surface area contributed by atoms with Crippen molar-refractivity contribution < 1.29 is 14.2 Å². The minimum absolute atomic E-state index is 0.00705. The first-order valence-electron chi connectivity index (χ1n) is 8.22. The van der Waals surface area contributed by atoms with Crippen molar-refractivity contribution in [3.63, 3.8) is 0 Å². The normalized spacial score (nSPS) is 32.1. The van der Waals surface area contributed by atoms with Gasteiger partial charge in [-0.3, -0.25) is 0 Å². The van der Waals surface area contributed by atoms with Crippen molar-refractivity contribution in [3.8, 4) is 0 Å². The van der Waals surface area contributed by atoms with Gasteiger partial charge in [0.15, 0.2) is 0 Å². The summed E-state index contributed by atoms with van der Waals surface area (Å²) in [6.45, 7) is 10.8. The lowest BCUT2D eigenvalue weighted by Gasteiger charge is -2.40. The van der Waals surface area contributed by atoms with Crippen LogP contribution >= 0.6 is 0 Å². The lowest BCUT2D eigenvalue weighted by molar-refractivity contribution is -0.107. The average molecular weight is 285 g/mol. The Morgan fingerprint density at radius 3 is 2.85 bits per heavy atom. The number of rotatable bonds is 7. The van der Waals surface area contributed by atoms with Gasteiger partial charge in [-0.1, -0.05) is 6.92 Å². The first-order chi connectivity index (χ1) is 9.65.